The van der Waals surface area contributed by atoms with Crippen molar-refractivity contribution in [3.8, 4) is 5.75 Å². The zero-order chi connectivity index (χ0) is 17.4. The van der Waals surface area contributed by atoms with E-state index in [2.05, 4.69) is 4.98 Å². The number of amides is 1. The van der Waals surface area contributed by atoms with Crippen LogP contribution in [0.5, 0.6) is 5.75 Å². The first-order valence-electron chi connectivity index (χ1n) is 8.52. The van der Waals surface area contributed by atoms with Gasteiger partial charge in [-0.05, 0) is 55.7 Å². The zero-order valence-electron chi connectivity index (χ0n) is 14.5. The summed E-state index contributed by atoms with van der Waals surface area (Å²) in [5.41, 5.74) is 4.57. The minimum absolute atomic E-state index is 0.0350. The van der Waals surface area contributed by atoms with Gasteiger partial charge >= 0.3 is 0 Å². The van der Waals surface area contributed by atoms with E-state index < -0.39 is 0 Å². The van der Waals surface area contributed by atoms with E-state index in [-0.39, 0.29) is 5.91 Å². The van der Waals surface area contributed by atoms with E-state index in [0.29, 0.717) is 5.56 Å². The molecule has 0 saturated carbocycles. The maximum absolute atomic E-state index is 13.4. The number of anilines is 1. The van der Waals surface area contributed by atoms with Gasteiger partial charge in [0.2, 0.25) is 0 Å². The van der Waals surface area contributed by atoms with Crippen molar-refractivity contribution in [2.45, 2.75) is 19.8 Å². The number of hydrogen-bond acceptors (Lipinski definition) is 3. The molecule has 4 rings (SSSR count). The van der Waals surface area contributed by atoms with Crippen molar-refractivity contribution in [3.05, 3.63) is 65.4 Å². The first-order chi connectivity index (χ1) is 12.2. The summed E-state index contributed by atoms with van der Waals surface area (Å²) in [5.74, 6) is 0.867. The Morgan fingerprint density at radius 1 is 1.16 bits per heavy atom. The number of para-hydroxylation sites is 1. The van der Waals surface area contributed by atoms with Crippen molar-refractivity contribution in [2.24, 2.45) is 0 Å². The van der Waals surface area contributed by atoms with E-state index in [4.69, 9.17) is 4.74 Å². The van der Waals surface area contributed by atoms with Crippen LogP contribution in [-0.2, 0) is 6.42 Å². The number of rotatable bonds is 2. The van der Waals surface area contributed by atoms with Gasteiger partial charge in [-0.3, -0.25) is 9.78 Å². The van der Waals surface area contributed by atoms with Crippen LogP contribution in [0, 0.1) is 6.92 Å². The maximum Gasteiger partial charge on any atom is 0.259 e. The highest BCUT2D eigenvalue weighted by Gasteiger charge is 2.25. The molecule has 0 N–H and O–H groups in total. The van der Waals surface area contributed by atoms with Gasteiger partial charge in [-0.1, -0.05) is 18.2 Å². The Kier molecular flexibility index (Phi) is 3.88. The average molecular weight is 332 g/mol. The Labute approximate surface area is 147 Å². The van der Waals surface area contributed by atoms with Crippen LogP contribution in [0.15, 0.2) is 48.5 Å². The number of benzene rings is 2. The van der Waals surface area contributed by atoms with Gasteiger partial charge in [0.05, 0.1) is 18.2 Å². The number of carbonyl (C=O) groups excluding carboxylic acids is 1. The largest absolute Gasteiger partial charge is 0.497 e. The lowest BCUT2D eigenvalue weighted by Crippen LogP contribution is -2.35. The van der Waals surface area contributed by atoms with Gasteiger partial charge in [-0.25, -0.2) is 0 Å². The van der Waals surface area contributed by atoms with E-state index >= 15 is 0 Å². The number of nitrogens with zero attached hydrogens (tertiary/aromatic N) is 2. The lowest BCUT2D eigenvalue weighted by Gasteiger charge is -2.30. The van der Waals surface area contributed by atoms with Crippen LogP contribution >= 0.6 is 0 Å². The maximum atomic E-state index is 13.4. The summed E-state index contributed by atoms with van der Waals surface area (Å²) >= 11 is 0. The second-order valence-corrected chi connectivity index (χ2v) is 6.38. The second kappa shape index (κ2) is 6.20. The fourth-order valence-corrected chi connectivity index (χ4v) is 3.54. The zero-order valence-corrected chi connectivity index (χ0v) is 14.5. The molecule has 25 heavy (non-hydrogen) atoms. The second-order valence-electron chi connectivity index (χ2n) is 6.38. The fourth-order valence-electron chi connectivity index (χ4n) is 3.54. The molecule has 0 unspecified atom stereocenters. The van der Waals surface area contributed by atoms with Crippen LogP contribution < -0.4 is 9.64 Å². The van der Waals surface area contributed by atoms with Gasteiger partial charge in [0, 0.05) is 23.3 Å². The summed E-state index contributed by atoms with van der Waals surface area (Å²) < 4.78 is 5.32. The molecule has 0 atom stereocenters. The highest BCUT2D eigenvalue weighted by Crippen LogP contribution is 2.32. The predicted octanol–water partition coefficient (Wildman–Crippen LogP) is 4.14. The Morgan fingerprint density at radius 3 is 2.84 bits per heavy atom. The number of ether oxygens (including phenoxy) is 1. The minimum atomic E-state index is 0.0350. The number of methoxy groups -OCH3 is 1. The SMILES string of the molecule is COc1ccc2c(c1)CCCN2C(=O)c1cc(C)nc2ccccc12. The van der Waals surface area contributed by atoms with Crippen LogP contribution in [0.25, 0.3) is 10.9 Å². The molecule has 1 aliphatic rings. The molecule has 1 aliphatic heterocycles. The van der Waals surface area contributed by atoms with Crippen LogP contribution in [0.2, 0.25) is 0 Å². The summed E-state index contributed by atoms with van der Waals surface area (Å²) in [6.45, 7) is 2.66. The van der Waals surface area contributed by atoms with Crippen molar-refractivity contribution in [3.63, 3.8) is 0 Å². The highest BCUT2D eigenvalue weighted by molar-refractivity contribution is 6.14. The van der Waals surface area contributed by atoms with Gasteiger partial charge in [0.25, 0.3) is 5.91 Å². The summed E-state index contributed by atoms with van der Waals surface area (Å²) in [4.78, 5) is 19.8. The molecule has 4 nitrogen and oxygen atoms in total. The molecule has 3 aromatic rings. The molecule has 0 saturated heterocycles. The molecule has 0 bridgehead atoms. The smallest absolute Gasteiger partial charge is 0.259 e. The average Bonchev–Trinajstić information content (AvgIpc) is 2.65. The third-order valence-corrected chi connectivity index (χ3v) is 4.73. The topological polar surface area (TPSA) is 42.4 Å². The standard InChI is InChI=1S/C21H20N2O2/c1-14-12-18(17-7-3-4-8-19(17)22-14)21(24)23-11-5-6-15-13-16(25-2)9-10-20(15)23/h3-4,7-10,12-13H,5-6,11H2,1-2H3. The Morgan fingerprint density at radius 2 is 2.00 bits per heavy atom. The van der Waals surface area contributed by atoms with Crippen LogP contribution in [0.3, 0.4) is 0 Å². The lowest BCUT2D eigenvalue weighted by atomic mass is 9.99. The van der Waals surface area contributed by atoms with Gasteiger partial charge < -0.3 is 9.64 Å². The number of aryl methyl sites for hydroxylation is 2. The summed E-state index contributed by atoms with van der Waals surface area (Å²) in [6.07, 6.45) is 1.92. The molecule has 2 aromatic carbocycles. The first-order valence-corrected chi connectivity index (χ1v) is 8.52. The van der Waals surface area contributed by atoms with Crippen LogP contribution in [0.4, 0.5) is 5.69 Å². The molecule has 126 valence electrons. The van der Waals surface area contributed by atoms with E-state index in [0.717, 1.165) is 53.0 Å². The molecular weight excluding hydrogens is 312 g/mol. The number of fused-ring (bicyclic) bond motifs is 2. The third-order valence-electron chi connectivity index (χ3n) is 4.73. The summed E-state index contributed by atoms with van der Waals surface area (Å²) in [7, 11) is 1.67. The molecule has 4 heteroatoms. The molecule has 1 aromatic heterocycles. The molecular formula is C21H20N2O2. The number of carbonyl (C=O) groups is 1. The Balaban J connectivity index is 1.81. The molecule has 0 aliphatic carbocycles. The monoisotopic (exact) mass is 332 g/mol. The van der Waals surface area contributed by atoms with Crippen LogP contribution in [0.1, 0.15) is 28.0 Å². The third kappa shape index (κ3) is 2.74. The normalized spacial score (nSPS) is 13.6. The van der Waals surface area contributed by atoms with E-state index in [1.165, 1.54) is 0 Å². The number of aromatic nitrogens is 1. The van der Waals surface area contributed by atoms with E-state index in [1.807, 2.05) is 60.4 Å². The molecule has 1 amide bonds. The van der Waals surface area contributed by atoms with Crippen molar-refractivity contribution < 1.29 is 9.53 Å². The highest BCUT2D eigenvalue weighted by atomic mass is 16.5. The first kappa shape index (κ1) is 15.6. The number of hydrogen-bond donors (Lipinski definition) is 0. The van der Waals surface area contributed by atoms with Gasteiger partial charge in [-0.15, -0.1) is 0 Å². The fraction of sp³-hybridized carbons (Fsp3) is 0.238. The lowest BCUT2D eigenvalue weighted by molar-refractivity contribution is 0.0986. The van der Waals surface area contributed by atoms with Gasteiger partial charge in [0.1, 0.15) is 5.75 Å². The number of pyridine rings is 1. The van der Waals surface area contributed by atoms with E-state index in [1.54, 1.807) is 7.11 Å². The molecule has 0 fully saturated rings. The van der Waals surface area contributed by atoms with Crippen molar-refractivity contribution >= 4 is 22.5 Å². The van der Waals surface area contributed by atoms with Gasteiger partial charge in [-0.2, -0.15) is 0 Å². The van der Waals surface area contributed by atoms with Crippen molar-refractivity contribution in [2.75, 3.05) is 18.6 Å². The van der Waals surface area contributed by atoms with E-state index in [9.17, 15) is 4.79 Å². The summed E-state index contributed by atoms with van der Waals surface area (Å²) in [5, 5.41) is 0.902. The van der Waals surface area contributed by atoms with Gasteiger partial charge in [0.15, 0.2) is 0 Å². The Hall–Kier alpha value is -2.88. The van der Waals surface area contributed by atoms with Crippen LogP contribution in [-0.4, -0.2) is 24.5 Å². The predicted molar refractivity (Wildman–Crippen MR) is 99.5 cm³/mol. The molecule has 2 heterocycles. The molecule has 0 spiro atoms. The minimum Gasteiger partial charge on any atom is -0.497 e. The van der Waals surface area contributed by atoms with Crippen molar-refractivity contribution in [1.82, 2.24) is 4.98 Å². The summed E-state index contributed by atoms with van der Waals surface area (Å²) in [6, 6.07) is 15.6. The quantitative estimate of drug-likeness (QED) is 0.708. The van der Waals surface area contributed by atoms with Crippen molar-refractivity contribution in [1.29, 1.82) is 0 Å². The molecule has 0 radical (unpaired) electrons. The Bertz CT molecular complexity index is 965.